The molecule has 0 radical (unpaired) electrons. The van der Waals surface area contributed by atoms with Gasteiger partial charge in [-0.3, -0.25) is 0 Å². The summed E-state index contributed by atoms with van der Waals surface area (Å²) in [5.74, 6) is -0.175. The molecule has 1 nitrogen and oxygen atoms in total. The average Bonchev–Trinajstić information content (AvgIpc) is 2.51. The molecule has 3 heteroatoms. The van der Waals surface area contributed by atoms with Gasteiger partial charge >= 0.3 is 0 Å². The molecule has 21 heavy (non-hydrogen) atoms. The van der Waals surface area contributed by atoms with Crippen LogP contribution >= 0.6 is 15.9 Å². The van der Waals surface area contributed by atoms with E-state index < -0.39 is 0 Å². The van der Waals surface area contributed by atoms with Crippen LogP contribution in [0.4, 0.5) is 4.39 Å². The fourth-order valence-corrected chi connectivity index (χ4v) is 2.76. The first kappa shape index (κ1) is 16.2. The summed E-state index contributed by atoms with van der Waals surface area (Å²) in [6.07, 6.45) is 2.03. The van der Waals surface area contributed by atoms with Gasteiger partial charge in [-0.2, -0.15) is 0 Å². The molecule has 0 heterocycles. The molecule has 1 atom stereocenters. The van der Waals surface area contributed by atoms with Gasteiger partial charge in [0.15, 0.2) is 0 Å². The van der Waals surface area contributed by atoms with E-state index in [0.29, 0.717) is 5.56 Å². The highest BCUT2D eigenvalue weighted by atomic mass is 79.9. The zero-order chi connectivity index (χ0) is 15.2. The van der Waals surface area contributed by atoms with E-state index in [9.17, 15) is 4.39 Å². The van der Waals surface area contributed by atoms with Crippen molar-refractivity contribution in [2.75, 3.05) is 6.54 Å². The molecule has 2 aromatic carbocycles. The monoisotopic (exact) mass is 349 g/mol. The van der Waals surface area contributed by atoms with E-state index in [0.717, 1.165) is 29.4 Å². The number of benzene rings is 2. The normalized spacial score (nSPS) is 12.4. The van der Waals surface area contributed by atoms with Crippen LogP contribution in [0.15, 0.2) is 46.9 Å². The molecule has 0 fully saturated rings. The molecule has 0 aliphatic heterocycles. The highest BCUT2D eigenvalue weighted by molar-refractivity contribution is 9.10. The third-order valence-corrected chi connectivity index (χ3v) is 4.08. The summed E-state index contributed by atoms with van der Waals surface area (Å²) in [5, 5.41) is 3.45. The predicted octanol–water partition coefficient (Wildman–Crippen LogP) is 5.24. The highest BCUT2D eigenvalue weighted by Gasteiger charge is 2.17. The maximum absolute atomic E-state index is 14.2. The Balaban J connectivity index is 2.38. The van der Waals surface area contributed by atoms with Crippen LogP contribution < -0.4 is 5.32 Å². The summed E-state index contributed by atoms with van der Waals surface area (Å²) < 4.78 is 15.1. The number of halogens is 2. The van der Waals surface area contributed by atoms with Crippen molar-refractivity contribution in [2.45, 2.75) is 32.7 Å². The Bertz CT molecular complexity index is 580. The predicted molar refractivity (Wildman–Crippen MR) is 90.1 cm³/mol. The Kier molecular flexibility index (Phi) is 5.95. The Morgan fingerprint density at radius 2 is 1.81 bits per heavy atom. The molecule has 0 bridgehead atoms. The van der Waals surface area contributed by atoms with Crippen LogP contribution in [-0.4, -0.2) is 6.54 Å². The number of hydrogen-bond donors (Lipinski definition) is 1. The van der Waals surface area contributed by atoms with E-state index >= 15 is 0 Å². The van der Waals surface area contributed by atoms with Crippen molar-refractivity contribution in [1.29, 1.82) is 0 Å². The molecule has 2 rings (SSSR count). The van der Waals surface area contributed by atoms with Gasteiger partial charge in [-0.25, -0.2) is 4.39 Å². The summed E-state index contributed by atoms with van der Waals surface area (Å²) in [4.78, 5) is 0. The van der Waals surface area contributed by atoms with E-state index in [1.807, 2.05) is 6.07 Å². The van der Waals surface area contributed by atoms with E-state index in [2.05, 4.69) is 59.4 Å². The highest BCUT2D eigenvalue weighted by Crippen LogP contribution is 2.27. The Morgan fingerprint density at radius 3 is 2.43 bits per heavy atom. The van der Waals surface area contributed by atoms with Crippen molar-refractivity contribution >= 4 is 15.9 Å². The molecule has 0 saturated carbocycles. The Hall–Kier alpha value is -1.19. The van der Waals surface area contributed by atoms with Gasteiger partial charge in [0.05, 0.1) is 6.04 Å². The third-order valence-electron chi connectivity index (χ3n) is 3.59. The van der Waals surface area contributed by atoms with E-state index in [1.165, 1.54) is 11.6 Å². The fraction of sp³-hybridized carbons (Fsp3) is 0.333. The van der Waals surface area contributed by atoms with Gasteiger partial charge in [0, 0.05) is 10.0 Å². The van der Waals surface area contributed by atoms with Crippen molar-refractivity contribution in [3.8, 4) is 0 Å². The fourth-order valence-electron chi connectivity index (χ4n) is 2.38. The lowest BCUT2D eigenvalue weighted by Crippen LogP contribution is -2.24. The largest absolute Gasteiger partial charge is 0.306 e. The average molecular weight is 350 g/mol. The van der Waals surface area contributed by atoms with Gasteiger partial charge < -0.3 is 5.32 Å². The molecule has 2 aromatic rings. The smallest absolute Gasteiger partial charge is 0.128 e. The van der Waals surface area contributed by atoms with E-state index in [-0.39, 0.29) is 11.9 Å². The van der Waals surface area contributed by atoms with Crippen molar-refractivity contribution in [2.24, 2.45) is 0 Å². The molecular weight excluding hydrogens is 329 g/mol. The third kappa shape index (κ3) is 4.14. The van der Waals surface area contributed by atoms with Gasteiger partial charge in [0.2, 0.25) is 0 Å². The lowest BCUT2D eigenvalue weighted by atomic mass is 9.96. The topological polar surface area (TPSA) is 12.0 Å². The summed E-state index contributed by atoms with van der Waals surface area (Å²) >= 11 is 3.43. The summed E-state index contributed by atoms with van der Waals surface area (Å²) in [5.41, 5.74) is 3.07. The molecule has 0 aromatic heterocycles. The van der Waals surface area contributed by atoms with Gasteiger partial charge in [-0.05, 0) is 48.7 Å². The lowest BCUT2D eigenvalue weighted by Gasteiger charge is -2.21. The van der Waals surface area contributed by atoms with E-state index in [1.54, 1.807) is 6.07 Å². The molecule has 0 amide bonds. The number of aryl methyl sites for hydroxylation is 1. The van der Waals surface area contributed by atoms with Crippen LogP contribution in [-0.2, 0) is 6.42 Å². The van der Waals surface area contributed by atoms with Crippen molar-refractivity contribution in [1.82, 2.24) is 5.32 Å². The summed E-state index contributed by atoms with van der Waals surface area (Å²) in [6, 6.07) is 13.4. The van der Waals surface area contributed by atoms with Crippen LogP contribution in [0.2, 0.25) is 0 Å². The van der Waals surface area contributed by atoms with Crippen molar-refractivity contribution < 1.29 is 4.39 Å². The summed E-state index contributed by atoms with van der Waals surface area (Å²) in [7, 11) is 0. The second-order valence-electron chi connectivity index (χ2n) is 5.15. The molecule has 0 aliphatic carbocycles. The SMILES string of the molecule is CCCNC(c1ccc(CC)cc1)c1cc(Br)ccc1F. The quantitative estimate of drug-likeness (QED) is 0.751. The standard InChI is InChI=1S/C18H21BrFN/c1-3-11-21-18(14-7-5-13(4-2)6-8-14)16-12-15(19)9-10-17(16)20/h5-10,12,18,21H,3-4,11H2,1-2H3. The molecule has 0 saturated heterocycles. The van der Waals surface area contributed by atoms with Crippen LogP contribution in [0.5, 0.6) is 0 Å². The summed E-state index contributed by atoms with van der Waals surface area (Å²) in [6.45, 7) is 5.10. The molecule has 1 unspecified atom stereocenters. The van der Waals surface area contributed by atoms with Gasteiger partial charge in [-0.15, -0.1) is 0 Å². The van der Waals surface area contributed by atoms with Crippen LogP contribution in [0.1, 0.15) is 43.0 Å². The number of rotatable bonds is 6. The molecule has 0 aliphatic rings. The van der Waals surface area contributed by atoms with Gasteiger partial charge in [-0.1, -0.05) is 54.0 Å². The first-order valence-electron chi connectivity index (χ1n) is 7.42. The first-order chi connectivity index (χ1) is 10.2. The van der Waals surface area contributed by atoms with Crippen LogP contribution in [0.25, 0.3) is 0 Å². The van der Waals surface area contributed by atoms with E-state index in [4.69, 9.17) is 0 Å². The molecular formula is C18H21BrFN. The number of hydrogen-bond acceptors (Lipinski definition) is 1. The second-order valence-corrected chi connectivity index (χ2v) is 6.06. The maximum Gasteiger partial charge on any atom is 0.128 e. The van der Waals surface area contributed by atoms with Gasteiger partial charge in [0.25, 0.3) is 0 Å². The first-order valence-corrected chi connectivity index (χ1v) is 8.22. The minimum Gasteiger partial charge on any atom is -0.306 e. The zero-order valence-corrected chi connectivity index (χ0v) is 14.1. The molecule has 112 valence electrons. The van der Waals surface area contributed by atoms with Crippen molar-refractivity contribution in [3.63, 3.8) is 0 Å². The van der Waals surface area contributed by atoms with Gasteiger partial charge in [0.1, 0.15) is 5.82 Å². The minimum absolute atomic E-state index is 0.117. The zero-order valence-electron chi connectivity index (χ0n) is 12.5. The number of nitrogens with one attached hydrogen (secondary N) is 1. The Morgan fingerprint density at radius 1 is 1.10 bits per heavy atom. The molecule has 0 spiro atoms. The van der Waals surface area contributed by atoms with Crippen LogP contribution in [0.3, 0.4) is 0 Å². The maximum atomic E-state index is 14.2. The second kappa shape index (κ2) is 7.71. The Labute approximate surface area is 134 Å². The molecule has 1 N–H and O–H groups in total. The lowest BCUT2D eigenvalue weighted by molar-refractivity contribution is 0.546. The van der Waals surface area contributed by atoms with Crippen LogP contribution in [0, 0.1) is 5.82 Å². The minimum atomic E-state index is -0.175. The van der Waals surface area contributed by atoms with Crippen molar-refractivity contribution in [3.05, 3.63) is 69.4 Å².